The lowest BCUT2D eigenvalue weighted by Gasteiger charge is -2.20. The number of hydrogen-bond acceptors (Lipinski definition) is 1. The molecular formula is C20H18OSi. The van der Waals surface area contributed by atoms with Gasteiger partial charge in [-0.3, -0.25) is 0 Å². The number of hydrogen-bond donors (Lipinski definition) is 0. The molecule has 4 aromatic rings. The van der Waals surface area contributed by atoms with Crippen molar-refractivity contribution in [3.05, 3.63) is 54.6 Å². The molecule has 0 saturated heterocycles. The predicted octanol–water partition coefficient (Wildman–Crippen LogP) is 4.64. The fourth-order valence-corrected chi connectivity index (χ4v) is 3.92. The molecule has 0 aliphatic rings. The molecule has 4 rings (SSSR count). The molecule has 0 saturated carbocycles. The van der Waals surface area contributed by atoms with Crippen LogP contribution >= 0.6 is 0 Å². The molecular weight excluding hydrogens is 284 g/mol. The van der Waals surface area contributed by atoms with E-state index in [2.05, 4.69) is 75.4 Å². The maximum absolute atomic E-state index is 6.03. The molecule has 0 aromatic heterocycles. The van der Waals surface area contributed by atoms with Gasteiger partial charge in [-0.2, -0.15) is 0 Å². The van der Waals surface area contributed by atoms with Crippen LogP contribution in [-0.4, -0.2) is 15.4 Å². The lowest BCUT2D eigenvalue weighted by Crippen LogP contribution is -2.29. The van der Waals surface area contributed by atoms with Gasteiger partial charge in [-0.15, -0.1) is 0 Å². The summed E-state index contributed by atoms with van der Waals surface area (Å²) >= 11 is 0. The Kier molecular flexibility index (Phi) is 3.00. The Bertz CT molecular complexity index is 950. The first-order chi connectivity index (χ1) is 10.5. The van der Waals surface area contributed by atoms with Crippen LogP contribution in [0, 0.1) is 0 Å². The van der Waals surface area contributed by atoms with Crippen molar-refractivity contribution < 1.29 is 4.43 Å². The van der Waals surface area contributed by atoms with Gasteiger partial charge in [0.15, 0.2) is 0 Å². The molecule has 0 atom stereocenters. The molecule has 2 heteroatoms. The van der Waals surface area contributed by atoms with Gasteiger partial charge < -0.3 is 4.43 Å². The summed E-state index contributed by atoms with van der Waals surface area (Å²) in [6.45, 7) is 6.32. The van der Waals surface area contributed by atoms with Gasteiger partial charge in [0.05, 0.1) is 0 Å². The molecule has 0 N–H and O–H groups in total. The summed E-state index contributed by atoms with van der Waals surface area (Å²) in [6.07, 6.45) is 0. The molecule has 0 amide bonds. The minimum atomic E-state index is -0.109. The van der Waals surface area contributed by atoms with Crippen molar-refractivity contribution in [2.45, 2.75) is 26.4 Å². The van der Waals surface area contributed by atoms with Gasteiger partial charge in [-0.05, 0) is 58.3 Å². The summed E-state index contributed by atoms with van der Waals surface area (Å²) in [5.74, 6) is 0. The van der Waals surface area contributed by atoms with Gasteiger partial charge in [0.1, 0.15) is 0 Å². The molecule has 0 fully saturated rings. The summed E-state index contributed by atoms with van der Waals surface area (Å²) in [5, 5.41) is 9.30. The van der Waals surface area contributed by atoms with Crippen LogP contribution in [0.1, 0.15) is 20.8 Å². The van der Waals surface area contributed by atoms with E-state index in [1.807, 2.05) is 0 Å². The molecule has 108 valence electrons. The van der Waals surface area contributed by atoms with Crippen molar-refractivity contribution in [2.24, 2.45) is 0 Å². The Morgan fingerprint density at radius 2 is 1.32 bits per heavy atom. The Morgan fingerprint density at radius 1 is 0.727 bits per heavy atom. The lowest BCUT2D eigenvalue weighted by atomic mass is 9.94. The minimum absolute atomic E-state index is 0.109. The van der Waals surface area contributed by atoms with Crippen molar-refractivity contribution in [1.82, 2.24) is 0 Å². The van der Waals surface area contributed by atoms with Gasteiger partial charge in [0.25, 0.3) is 9.76 Å². The first-order valence-corrected chi connectivity index (χ1v) is 8.54. The summed E-state index contributed by atoms with van der Waals surface area (Å²) in [5.41, 5.74) is -0.109. The highest BCUT2D eigenvalue weighted by Gasteiger charge is 2.15. The average molecular weight is 302 g/mol. The second kappa shape index (κ2) is 4.80. The van der Waals surface area contributed by atoms with Gasteiger partial charge in [0, 0.05) is 5.60 Å². The van der Waals surface area contributed by atoms with Crippen LogP contribution in [-0.2, 0) is 4.43 Å². The highest BCUT2D eigenvalue weighted by Crippen LogP contribution is 2.33. The third kappa shape index (κ3) is 2.19. The summed E-state index contributed by atoms with van der Waals surface area (Å²) in [7, 11) is 0.374. The van der Waals surface area contributed by atoms with E-state index in [0.717, 1.165) is 0 Å². The lowest BCUT2D eigenvalue weighted by molar-refractivity contribution is 0.142. The maximum Gasteiger partial charge on any atom is 0.270 e. The van der Waals surface area contributed by atoms with Crippen molar-refractivity contribution in [3.63, 3.8) is 0 Å². The largest absolute Gasteiger partial charge is 0.407 e. The van der Waals surface area contributed by atoms with Crippen LogP contribution in [0.4, 0.5) is 0 Å². The summed E-state index contributed by atoms with van der Waals surface area (Å²) in [4.78, 5) is 0. The Hall–Kier alpha value is -1.90. The minimum Gasteiger partial charge on any atom is -0.407 e. The molecule has 1 nitrogen and oxygen atoms in total. The zero-order valence-electron chi connectivity index (χ0n) is 13.1. The second-order valence-electron chi connectivity index (χ2n) is 6.79. The predicted molar refractivity (Wildman–Crippen MR) is 96.4 cm³/mol. The van der Waals surface area contributed by atoms with Gasteiger partial charge in [0.2, 0.25) is 0 Å². The second-order valence-corrected chi connectivity index (χ2v) is 7.73. The van der Waals surface area contributed by atoms with Crippen LogP contribution in [0.3, 0.4) is 0 Å². The standard InChI is InChI=1S/C20H18OSi/c1-20(2,3)21-22-17-12-10-15-8-7-13-5-4-6-14-9-11-16(17)19(15)18(13)14/h4-12H,1-3H3. The fourth-order valence-electron chi connectivity index (χ4n) is 3.03. The van der Waals surface area contributed by atoms with E-state index in [0.29, 0.717) is 9.76 Å². The first-order valence-electron chi connectivity index (χ1n) is 7.63. The molecule has 2 radical (unpaired) electrons. The third-order valence-corrected chi connectivity index (χ3v) is 5.37. The van der Waals surface area contributed by atoms with E-state index in [9.17, 15) is 0 Å². The SMILES string of the molecule is CC(C)(C)O[Si]c1ccc2ccc3cccc4ccc1c2c34. The molecule has 0 aliphatic heterocycles. The monoisotopic (exact) mass is 302 g/mol. The van der Waals surface area contributed by atoms with Crippen molar-refractivity contribution in [2.75, 3.05) is 0 Å². The van der Waals surface area contributed by atoms with Crippen molar-refractivity contribution in [3.8, 4) is 0 Å². The Morgan fingerprint density at radius 3 is 2.00 bits per heavy atom. The topological polar surface area (TPSA) is 9.23 Å². The zero-order chi connectivity index (χ0) is 15.3. The smallest absolute Gasteiger partial charge is 0.270 e. The van der Waals surface area contributed by atoms with E-state index in [1.165, 1.54) is 37.5 Å². The van der Waals surface area contributed by atoms with Crippen LogP contribution in [0.2, 0.25) is 0 Å². The third-order valence-electron chi connectivity index (χ3n) is 4.00. The quantitative estimate of drug-likeness (QED) is 0.387. The van der Waals surface area contributed by atoms with E-state index < -0.39 is 0 Å². The average Bonchev–Trinajstić information content (AvgIpc) is 2.50. The van der Waals surface area contributed by atoms with Crippen molar-refractivity contribution >= 4 is 47.3 Å². The van der Waals surface area contributed by atoms with Gasteiger partial charge >= 0.3 is 0 Å². The highest BCUT2D eigenvalue weighted by molar-refractivity contribution is 6.52. The van der Waals surface area contributed by atoms with Crippen LogP contribution in [0.15, 0.2) is 54.6 Å². The zero-order valence-corrected chi connectivity index (χ0v) is 14.1. The van der Waals surface area contributed by atoms with Crippen LogP contribution < -0.4 is 5.19 Å². The highest BCUT2D eigenvalue weighted by atomic mass is 28.2. The van der Waals surface area contributed by atoms with Crippen molar-refractivity contribution in [1.29, 1.82) is 0 Å². The van der Waals surface area contributed by atoms with Gasteiger partial charge in [-0.25, -0.2) is 0 Å². The molecule has 22 heavy (non-hydrogen) atoms. The first kappa shape index (κ1) is 13.7. The molecule has 0 spiro atoms. The van der Waals surface area contributed by atoms with E-state index in [-0.39, 0.29) is 5.60 Å². The molecule has 4 aromatic carbocycles. The van der Waals surface area contributed by atoms with E-state index in [4.69, 9.17) is 4.43 Å². The van der Waals surface area contributed by atoms with Gasteiger partial charge in [-0.1, -0.05) is 54.6 Å². The van der Waals surface area contributed by atoms with Crippen LogP contribution in [0.25, 0.3) is 32.3 Å². The molecule has 0 unspecified atom stereocenters. The molecule has 0 heterocycles. The molecule has 0 bridgehead atoms. The summed E-state index contributed by atoms with van der Waals surface area (Å²) in [6, 6.07) is 19.9. The summed E-state index contributed by atoms with van der Waals surface area (Å²) < 4.78 is 6.03. The number of benzene rings is 4. The maximum atomic E-state index is 6.03. The number of rotatable bonds is 2. The van der Waals surface area contributed by atoms with Crippen LogP contribution in [0.5, 0.6) is 0 Å². The fraction of sp³-hybridized carbons (Fsp3) is 0.200. The van der Waals surface area contributed by atoms with E-state index in [1.54, 1.807) is 0 Å². The Balaban J connectivity index is 2.00. The molecule has 0 aliphatic carbocycles. The van der Waals surface area contributed by atoms with E-state index >= 15 is 0 Å². The normalized spacial score (nSPS) is 12.7. The Labute approximate surface area is 133 Å².